The molecule has 0 spiro atoms. The minimum Gasteiger partial charge on any atom is -0.329 e. The molecule has 23 heavy (non-hydrogen) atoms. The Hall–Kier alpha value is -2.41. The van der Waals surface area contributed by atoms with Crippen molar-refractivity contribution < 1.29 is 9.59 Å². The Morgan fingerprint density at radius 3 is 2.91 bits per heavy atom. The fourth-order valence-corrected chi connectivity index (χ4v) is 3.53. The number of urea groups is 1. The second kappa shape index (κ2) is 6.78. The molecule has 0 atom stereocenters. The Labute approximate surface area is 138 Å². The number of nitrogens with one attached hydrogen (secondary N) is 3. The van der Waals surface area contributed by atoms with E-state index < -0.39 is 6.03 Å². The topological polar surface area (TPSA) is 83.1 Å². The summed E-state index contributed by atoms with van der Waals surface area (Å²) in [6, 6.07) is 7.05. The van der Waals surface area contributed by atoms with Crippen molar-refractivity contribution in [3.05, 3.63) is 40.4 Å². The van der Waals surface area contributed by atoms with Gasteiger partial charge in [0.15, 0.2) is 5.13 Å². The summed E-state index contributed by atoms with van der Waals surface area (Å²) >= 11 is 1.52. The first-order valence-corrected chi connectivity index (χ1v) is 8.32. The van der Waals surface area contributed by atoms with E-state index in [4.69, 9.17) is 0 Å². The minimum absolute atomic E-state index is 0.0953. The molecule has 6 nitrogen and oxygen atoms in total. The van der Waals surface area contributed by atoms with E-state index in [0.29, 0.717) is 10.8 Å². The summed E-state index contributed by atoms with van der Waals surface area (Å²) in [4.78, 5) is 29.3. The molecule has 0 saturated heterocycles. The van der Waals surface area contributed by atoms with Gasteiger partial charge in [0.2, 0.25) is 5.91 Å². The Kier molecular flexibility index (Phi) is 4.57. The smallest absolute Gasteiger partial charge is 0.319 e. The average Bonchev–Trinajstić information content (AvgIpc) is 3.06. The lowest BCUT2D eigenvalue weighted by Gasteiger charge is -2.08. The van der Waals surface area contributed by atoms with E-state index in [2.05, 4.69) is 20.9 Å². The molecule has 0 unspecified atom stereocenters. The maximum absolute atomic E-state index is 11.9. The SMILES string of the molecule is Cc1cccc(NC(=O)NCC(=O)Nc2nc3c(s2)CCC3)c1. The zero-order valence-corrected chi connectivity index (χ0v) is 13.6. The van der Waals surface area contributed by atoms with Crippen molar-refractivity contribution in [2.75, 3.05) is 17.2 Å². The van der Waals surface area contributed by atoms with E-state index in [1.165, 1.54) is 16.2 Å². The molecule has 0 fully saturated rings. The van der Waals surface area contributed by atoms with Crippen molar-refractivity contribution in [3.8, 4) is 0 Å². The molecule has 1 aliphatic rings. The molecule has 1 aromatic carbocycles. The number of nitrogens with zero attached hydrogens (tertiary/aromatic N) is 1. The monoisotopic (exact) mass is 330 g/mol. The molecule has 3 amide bonds. The number of aromatic nitrogens is 1. The number of aryl methyl sites for hydroxylation is 3. The number of carbonyl (C=O) groups is 2. The largest absolute Gasteiger partial charge is 0.329 e. The van der Waals surface area contributed by atoms with Crippen molar-refractivity contribution in [1.29, 1.82) is 0 Å². The quantitative estimate of drug-likeness (QED) is 0.806. The molecule has 0 radical (unpaired) electrons. The zero-order valence-electron chi connectivity index (χ0n) is 12.8. The van der Waals surface area contributed by atoms with E-state index in [-0.39, 0.29) is 12.5 Å². The van der Waals surface area contributed by atoms with Crippen LogP contribution in [0.1, 0.15) is 22.6 Å². The Bertz CT molecular complexity index is 720. The molecule has 3 rings (SSSR count). The zero-order chi connectivity index (χ0) is 16.2. The van der Waals surface area contributed by atoms with Crippen LogP contribution in [-0.4, -0.2) is 23.5 Å². The van der Waals surface area contributed by atoms with Gasteiger partial charge in [-0.3, -0.25) is 4.79 Å². The first kappa shape index (κ1) is 15.5. The van der Waals surface area contributed by atoms with Crippen LogP contribution >= 0.6 is 11.3 Å². The van der Waals surface area contributed by atoms with E-state index in [1.54, 1.807) is 6.07 Å². The molecule has 2 aromatic rings. The second-order valence-corrected chi connectivity index (χ2v) is 6.55. The molecular weight excluding hydrogens is 312 g/mol. The van der Waals surface area contributed by atoms with Crippen molar-refractivity contribution in [2.24, 2.45) is 0 Å². The van der Waals surface area contributed by atoms with Gasteiger partial charge in [0.05, 0.1) is 12.2 Å². The lowest BCUT2D eigenvalue weighted by Crippen LogP contribution is -2.35. The van der Waals surface area contributed by atoms with Gasteiger partial charge >= 0.3 is 6.03 Å². The van der Waals surface area contributed by atoms with Gasteiger partial charge < -0.3 is 16.0 Å². The highest BCUT2D eigenvalue weighted by Crippen LogP contribution is 2.30. The molecule has 0 aliphatic heterocycles. The van der Waals surface area contributed by atoms with Crippen LogP contribution in [-0.2, 0) is 17.6 Å². The fraction of sp³-hybridized carbons (Fsp3) is 0.312. The molecule has 0 saturated carbocycles. The molecule has 1 aromatic heterocycles. The Morgan fingerprint density at radius 2 is 2.13 bits per heavy atom. The van der Waals surface area contributed by atoms with E-state index in [1.807, 2.05) is 25.1 Å². The van der Waals surface area contributed by atoms with Gasteiger partial charge in [-0.1, -0.05) is 12.1 Å². The van der Waals surface area contributed by atoms with E-state index in [0.717, 1.165) is 30.5 Å². The van der Waals surface area contributed by atoms with Gasteiger partial charge in [0.25, 0.3) is 0 Å². The van der Waals surface area contributed by atoms with Crippen LogP contribution in [0.25, 0.3) is 0 Å². The Morgan fingerprint density at radius 1 is 1.26 bits per heavy atom. The summed E-state index contributed by atoms with van der Waals surface area (Å²) in [5.74, 6) is -0.281. The highest BCUT2D eigenvalue weighted by molar-refractivity contribution is 7.15. The van der Waals surface area contributed by atoms with Crippen LogP contribution in [0.4, 0.5) is 15.6 Å². The van der Waals surface area contributed by atoms with E-state index in [9.17, 15) is 9.59 Å². The van der Waals surface area contributed by atoms with Crippen LogP contribution < -0.4 is 16.0 Å². The van der Waals surface area contributed by atoms with Gasteiger partial charge in [-0.15, -0.1) is 11.3 Å². The van der Waals surface area contributed by atoms with Crippen LogP contribution in [0.3, 0.4) is 0 Å². The molecule has 0 bridgehead atoms. The van der Waals surface area contributed by atoms with Crippen LogP contribution in [0.2, 0.25) is 0 Å². The number of hydrogen-bond acceptors (Lipinski definition) is 4. The highest BCUT2D eigenvalue weighted by Gasteiger charge is 2.17. The molecule has 3 N–H and O–H groups in total. The van der Waals surface area contributed by atoms with Crippen LogP contribution in [0, 0.1) is 6.92 Å². The second-order valence-electron chi connectivity index (χ2n) is 5.47. The number of amides is 3. The number of benzene rings is 1. The van der Waals surface area contributed by atoms with Crippen LogP contribution in [0.15, 0.2) is 24.3 Å². The lowest BCUT2D eigenvalue weighted by molar-refractivity contribution is -0.115. The average molecular weight is 330 g/mol. The summed E-state index contributed by atoms with van der Waals surface area (Å²) < 4.78 is 0. The van der Waals surface area contributed by atoms with Crippen molar-refractivity contribution in [1.82, 2.24) is 10.3 Å². The lowest BCUT2D eigenvalue weighted by atomic mass is 10.2. The highest BCUT2D eigenvalue weighted by atomic mass is 32.1. The first-order chi connectivity index (χ1) is 11.1. The third-order valence-electron chi connectivity index (χ3n) is 3.53. The van der Waals surface area contributed by atoms with Gasteiger partial charge in [-0.2, -0.15) is 0 Å². The number of anilines is 2. The number of hydrogen-bond donors (Lipinski definition) is 3. The summed E-state index contributed by atoms with van der Waals surface area (Å²) in [6.07, 6.45) is 3.17. The van der Waals surface area contributed by atoms with Gasteiger partial charge in [0, 0.05) is 10.6 Å². The van der Waals surface area contributed by atoms with Gasteiger partial charge in [0.1, 0.15) is 0 Å². The normalized spacial score (nSPS) is 12.6. The Balaban J connectivity index is 1.45. The molecular formula is C16H18N4O2S. The van der Waals surface area contributed by atoms with Crippen LogP contribution in [0.5, 0.6) is 0 Å². The van der Waals surface area contributed by atoms with E-state index >= 15 is 0 Å². The molecule has 1 heterocycles. The third-order valence-corrected chi connectivity index (χ3v) is 4.60. The number of carbonyl (C=O) groups excluding carboxylic acids is 2. The summed E-state index contributed by atoms with van der Waals surface area (Å²) in [5.41, 5.74) is 2.84. The summed E-state index contributed by atoms with van der Waals surface area (Å²) in [7, 11) is 0. The fourth-order valence-electron chi connectivity index (χ4n) is 2.47. The number of fused-ring (bicyclic) bond motifs is 1. The summed E-state index contributed by atoms with van der Waals surface area (Å²) in [6.45, 7) is 1.85. The molecule has 1 aliphatic carbocycles. The molecule has 120 valence electrons. The minimum atomic E-state index is -0.410. The van der Waals surface area contributed by atoms with Crippen molar-refractivity contribution >= 4 is 34.1 Å². The maximum Gasteiger partial charge on any atom is 0.319 e. The maximum atomic E-state index is 11.9. The summed E-state index contributed by atoms with van der Waals surface area (Å²) in [5, 5.41) is 8.56. The van der Waals surface area contributed by atoms with Gasteiger partial charge in [-0.05, 0) is 43.9 Å². The standard InChI is InChI=1S/C16H18N4O2S/c1-10-4-2-5-11(8-10)18-15(22)17-9-14(21)20-16-19-12-6-3-7-13(12)23-16/h2,4-5,8H,3,6-7,9H2,1H3,(H2,17,18,22)(H,19,20,21). The third kappa shape index (κ3) is 4.07. The van der Waals surface area contributed by atoms with Crippen molar-refractivity contribution in [2.45, 2.75) is 26.2 Å². The number of thiazole rings is 1. The van der Waals surface area contributed by atoms with Crippen molar-refractivity contribution in [3.63, 3.8) is 0 Å². The first-order valence-electron chi connectivity index (χ1n) is 7.50. The van der Waals surface area contributed by atoms with Gasteiger partial charge in [-0.25, -0.2) is 9.78 Å². The molecule has 7 heteroatoms. The number of rotatable bonds is 4. The predicted octanol–water partition coefficient (Wildman–Crippen LogP) is 2.70. The predicted molar refractivity (Wildman–Crippen MR) is 91.0 cm³/mol.